The standard InChI is InChI=1S/C12H15N5/c1-7-5-14-11(15-6-7)12-16-8(2)10(4-13)9(3)17-12/h5-6H,4,13H2,1-3H3. The molecular weight excluding hydrogens is 214 g/mol. The zero-order valence-corrected chi connectivity index (χ0v) is 10.2. The van der Waals surface area contributed by atoms with Gasteiger partial charge in [-0.25, -0.2) is 19.9 Å². The Morgan fingerprint density at radius 1 is 0.941 bits per heavy atom. The summed E-state index contributed by atoms with van der Waals surface area (Å²) in [6.45, 7) is 6.24. The number of rotatable bonds is 2. The molecule has 17 heavy (non-hydrogen) atoms. The average molecular weight is 229 g/mol. The highest BCUT2D eigenvalue weighted by Gasteiger charge is 2.10. The van der Waals surface area contributed by atoms with E-state index in [1.165, 1.54) is 0 Å². The minimum atomic E-state index is 0.451. The quantitative estimate of drug-likeness (QED) is 0.840. The van der Waals surface area contributed by atoms with Crippen molar-refractivity contribution in [1.29, 1.82) is 0 Å². The number of nitrogens with two attached hydrogens (primary N) is 1. The minimum Gasteiger partial charge on any atom is -0.326 e. The third-order valence-corrected chi connectivity index (χ3v) is 2.61. The summed E-state index contributed by atoms with van der Waals surface area (Å²) in [4.78, 5) is 17.2. The molecule has 0 fully saturated rings. The lowest BCUT2D eigenvalue weighted by molar-refractivity contribution is 0.926. The SMILES string of the molecule is Cc1cnc(-c2nc(C)c(CN)c(C)n2)nc1. The van der Waals surface area contributed by atoms with Gasteiger partial charge in [-0.1, -0.05) is 0 Å². The first-order valence-electron chi connectivity index (χ1n) is 5.45. The summed E-state index contributed by atoms with van der Waals surface area (Å²) in [5.74, 6) is 1.10. The second kappa shape index (κ2) is 4.55. The van der Waals surface area contributed by atoms with Crippen molar-refractivity contribution < 1.29 is 0 Å². The Kier molecular flexibility index (Phi) is 3.10. The molecule has 88 valence electrons. The van der Waals surface area contributed by atoms with Crippen molar-refractivity contribution in [3.63, 3.8) is 0 Å². The predicted molar refractivity (Wildman–Crippen MR) is 65.2 cm³/mol. The molecule has 0 unspecified atom stereocenters. The third-order valence-electron chi connectivity index (χ3n) is 2.61. The van der Waals surface area contributed by atoms with Crippen molar-refractivity contribution in [3.8, 4) is 11.6 Å². The van der Waals surface area contributed by atoms with E-state index in [-0.39, 0.29) is 0 Å². The average Bonchev–Trinajstić information content (AvgIpc) is 2.29. The zero-order valence-electron chi connectivity index (χ0n) is 10.2. The predicted octanol–water partition coefficient (Wildman–Crippen LogP) is 1.32. The summed E-state index contributed by atoms with van der Waals surface area (Å²) in [5.41, 5.74) is 9.43. The first-order valence-corrected chi connectivity index (χ1v) is 5.45. The molecule has 0 atom stereocenters. The summed E-state index contributed by atoms with van der Waals surface area (Å²) in [5, 5.41) is 0. The Balaban J connectivity index is 2.50. The van der Waals surface area contributed by atoms with Gasteiger partial charge in [0, 0.05) is 35.9 Å². The van der Waals surface area contributed by atoms with Crippen LogP contribution in [0.3, 0.4) is 0 Å². The van der Waals surface area contributed by atoms with Crippen LogP contribution in [0.5, 0.6) is 0 Å². The number of aromatic nitrogens is 4. The van der Waals surface area contributed by atoms with Crippen LogP contribution in [0.4, 0.5) is 0 Å². The van der Waals surface area contributed by atoms with Crippen LogP contribution in [0.25, 0.3) is 11.6 Å². The smallest absolute Gasteiger partial charge is 0.198 e. The largest absolute Gasteiger partial charge is 0.326 e. The molecule has 0 aliphatic heterocycles. The Hall–Kier alpha value is -1.88. The lowest BCUT2D eigenvalue weighted by atomic mass is 10.2. The molecule has 0 saturated carbocycles. The Bertz CT molecular complexity index is 510. The van der Waals surface area contributed by atoms with Crippen LogP contribution in [-0.2, 0) is 6.54 Å². The van der Waals surface area contributed by atoms with E-state index in [2.05, 4.69) is 19.9 Å². The van der Waals surface area contributed by atoms with Gasteiger partial charge in [0.2, 0.25) is 0 Å². The third kappa shape index (κ3) is 2.29. The van der Waals surface area contributed by atoms with Gasteiger partial charge in [-0.2, -0.15) is 0 Å². The molecule has 2 aromatic rings. The number of hydrogen-bond donors (Lipinski definition) is 1. The van der Waals surface area contributed by atoms with Crippen LogP contribution in [0.1, 0.15) is 22.5 Å². The summed E-state index contributed by atoms with van der Waals surface area (Å²) < 4.78 is 0. The van der Waals surface area contributed by atoms with E-state index in [1.54, 1.807) is 12.4 Å². The van der Waals surface area contributed by atoms with Gasteiger partial charge >= 0.3 is 0 Å². The second-order valence-corrected chi connectivity index (χ2v) is 3.98. The molecule has 2 N–H and O–H groups in total. The van der Waals surface area contributed by atoms with Crippen LogP contribution in [0.15, 0.2) is 12.4 Å². The zero-order chi connectivity index (χ0) is 12.4. The Morgan fingerprint density at radius 2 is 1.47 bits per heavy atom. The van der Waals surface area contributed by atoms with Gasteiger partial charge in [0.15, 0.2) is 11.6 Å². The van der Waals surface area contributed by atoms with Crippen molar-refractivity contribution in [1.82, 2.24) is 19.9 Å². The van der Waals surface area contributed by atoms with E-state index in [0.29, 0.717) is 18.2 Å². The fraction of sp³-hybridized carbons (Fsp3) is 0.333. The summed E-state index contributed by atoms with van der Waals surface area (Å²) in [6.07, 6.45) is 3.51. The van der Waals surface area contributed by atoms with Crippen LogP contribution >= 0.6 is 0 Å². The van der Waals surface area contributed by atoms with E-state index in [0.717, 1.165) is 22.5 Å². The van der Waals surface area contributed by atoms with Crippen molar-refractivity contribution in [2.45, 2.75) is 27.3 Å². The van der Waals surface area contributed by atoms with Gasteiger partial charge in [0.1, 0.15) is 0 Å². The molecule has 0 amide bonds. The molecule has 2 rings (SSSR count). The molecule has 0 aliphatic carbocycles. The fourth-order valence-corrected chi connectivity index (χ4v) is 1.64. The molecule has 5 heteroatoms. The van der Waals surface area contributed by atoms with Crippen molar-refractivity contribution in [2.24, 2.45) is 5.73 Å². The summed E-state index contributed by atoms with van der Waals surface area (Å²) >= 11 is 0. The van der Waals surface area contributed by atoms with Gasteiger partial charge in [0.25, 0.3) is 0 Å². The number of hydrogen-bond acceptors (Lipinski definition) is 5. The van der Waals surface area contributed by atoms with Crippen LogP contribution < -0.4 is 5.73 Å². The van der Waals surface area contributed by atoms with Crippen molar-refractivity contribution in [3.05, 3.63) is 34.9 Å². The molecule has 0 saturated heterocycles. The van der Waals surface area contributed by atoms with E-state index in [1.807, 2.05) is 20.8 Å². The van der Waals surface area contributed by atoms with Gasteiger partial charge < -0.3 is 5.73 Å². The Labute approximate surface area is 100 Å². The topological polar surface area (TPSA) is 77.6 Å². The highest BCUT2D eigenvalue weighted by molar-refractivity contribution is 5.45. The number of nitrogens with zero attached hydrogens (tertiary/aromatic N) is 4. The molecule has 2 heterocycles. The lowest BCUT2D eigenvalue weighted by Crippen LogP contribution is -2.08. The first-order chi connectivity index (χ1) is 8.11. The normalized spacial score (nSPS) is 10.6. The van der Waals surface area contributed by atoms with Crippen LogP contribution in [0.2, 0.25) is 0 Å². The minimum absolute atomic E-state index is 0.451. The Morgan fingerprint density at radius 3 is 1.94 bits per heavy atom. The van der Waals surface area contributed by atoms with Crippen LogP contribution in [0, 0.1) is 20.8 Å². The van der Waals surface area contributed by atoms with E-state index >= 15 is 0 Å². The molecule has 0 bridgehead atoms. The first kappa shape index (κ1) is 11.6. The van der Waals surface area contributed by atoms with Gasteiger partial charge in [-0.05, 0) is 26.3 Å². The lowest BCUT2D eigenvalue weighted by Gasteiger charge is -2.08. The van der Waals surface area contributed by atoms with Crippen molar-refractivity contribution in [2.75, 3.05) is 0 Å². The second-order valence-electron chi connectivity index (χ2n) is 3.98. The van der Waals surface area contributed by atoms with E-state index in [9.17, 15) is 0 Å². The summed E-state index contributed by atoms with van der Waals surface area (Å²) in [7, 11) is 0. The highest BCUT2D eigenvalue weighted by atomic mass is 15.0. The maximum absolute atomic E-state index is 5.65. The molecule has 0 aliphatic rings. The monoisotopic (exact) mass is 229 g/mol. The van der Waals surface area contributed by atoms with Crippen molar-refractivity contribution >= 4 is 0 Å². The maximum Gasteiger partial charge on any atom is 0.198 e. The van der Waals surface area contributed by atoms with Crippen LogP contribution in [-0.4, -0.2) is 19.9 Å². The van der Waals surface area contributed by atoms with Gasteiger partial charge in [-0.3, -0.25) is 0 Å². The fourth-order valence-electron chi connectivity index (χ4n) is 1.64. The number of aryl methyl sites for hydroxylation is 3. The van der Waals surface area contributed by atoms with E-state index < -0.39 is 0 Å². The molecule has 0 aromatic carbocycles. The molecule has 0 spiro atoms. The summed E-state index contributed by atoms with van der Waals surface area (Å²) in [6, 6.07) is 0. The molecule has 0 radical (unpaired) electrons. The highest BCUT2D eigenvalue weighted by Crippen LogP contribution is 2.15. The molecule has 5 nitrogen and oxygen atoms in total. The molecule has 2 aromatic heterocycles. The van der Waals surface area contributed by atoms with Gasteiger partial charge in [-0.15, -0.1) is 0 Å². The molecular formula is C12H15N5. The van der Waals surface area contributed by atoms with E-state index in [4.69, 9.17) is 5.73 Å². The maximum atomic E-state index is 5.65. The van der Waals surface area contributed by atoms with Gasteiger partial charge in [0.05, 0.1) is 0 Å².